The maximum atomic E-state index is 6.02. The van der Waals surface area contributed by atoms with E-state index in [-0.39, 0.29) is 0 Å². The minimum Gasteiger partial charge on any atom is -0.491 e. The van der Waals surface area contributed by atoms with Gasteiger partial charge in [-0.05, 0) is 31.2 Å². The molecule has 0 radical (unpaired) electrons. The summed E-state index contributed by atoms with van der Waals surface area (Å²) >= 11 is 9.37. The van der Waals surface area contributed by atoms with Crippen molar-refractivity contribution in [3.05, 3.63) is 27.7 Å². The predicted molar refractivity (Wildman–Crippen MR) is 72.4 cm³/mol. The fraction of sp³-hybridized carbons (Fsp3) is 0.500. The molecule has 2 nitrogen and oxygen atoms in total. The summed E-state index contributed by atoms with van der Waals surface area (Å²) in [7, 11) is 0. The maximum absolute atomic E-state index is 6.02. The summed E-state index contributed by atoms with van der Waals surface area (Å²) in [5.74, 6) is 0.738. The SMILES string of the molecule is CCCCNCCOc1ccc(Br)cc1Cl. The molecule has 0 aromatic heterocycles. The Labute approximate surface area is 110 Å². The minimum atomic E-state index is 0.642. The Hall–Kier alpha value is -0.250. The van der Waals surface area contributed by atoms with Crippen LogP contribution < -0.4 is 10.1 Å². The van der Waals surface area contributed by atoms with Crippen molar-refractivity contribution in [3.63, 3.8) is 0 Å². The summed E-state index contributed by atoms with van der Waals surface area (Å²) in [6.45, 7) is 4.73. The molecule has 1 aromatic carbocycles. The van der Waals surface area contributed by atoms with Crippen molar-refractivity contribution in [1.29, 1.82) is 0 Å². The summed E-state index contributed by atoms with van der Waals surface area (Å²) in [5.41, 5.74) is 0. The summed E-state index contributed by atoms with van der Waals surface area (Å²) in [5, 5.41) is 3.95. The Morgan fingerprint density at radius 1 is 1.38 bits per heavy atom. The Kier molecular flexibility index (Phi) is 6.85. The van der Waals surface area contributed by atoms with Crippen LogP contribution in [0.1, 0.15) is 19.8 Å². The maximum Gasteiger partial charge on any atom is 0.138 e. The minimum absolute atomic E-state index is 0.642. The first-order chi connectivity index (χ1) is 7.74. The zero-order valence-corrected chi connectivity index (χ0v) is 11.8. The Balaban J connectivity index is 2.21. The van der Waals surface area contributed by atoms with E-state index in [1.807, 2.05) is 18.2 Å². The molecule has 0 amide bonds. The molecule has 0 unspecified atom stereocenters. The molecule has 1 aromatic rings. The highest BCUT2D eigenvalue weighted by atomic mass is 79.9. The second kappa shape index (κ2) is 7.93. The predicted octanol–water partition coefficient (Wildman–Crippen LogP) is 3.87. The third kappa shape index (κ3) is 5.19. The molecule has 1 N–H and O–H groups in total. The number of rotatable bonds is 7. The lowest BCUT2D eigenvalue weighted by Gasteiger charge is -2.08. The van der Waals surface area contributed by atoms with Crippen LogP contribution in [0.3, 0.4) is 0 Å². The van der Waals surface area contributed by atoms with Crippen LogP contribution >= 0.6 is 27.5 Å². The van der Waals surface area contributed by atoms with Gasteiger partial charge in [0.1, 0.15) is 12.4 Å². The molecule has 4 heteroatoms. The van der Waals surface area contributed by atoms with E-state index < -0.39 is 0 Å². The van der Waals surface area contributed by atoms with Crippen molar-refractivity contribution in [3.8, 4) is 5.75 Å². The average molecular weight is 307 g/mol. The normalized spacial score (nSPS) is 10.4. The van der Waals surface area contributed by atoms with Crippen molar-refractivity contribution in [2.75, 3.05) is 19.7 Å². The van der Waals surface area contributed by atoms with Crippen LogP contribution in [0.4, 0.5) is 0 Å². The van der Waals surface area contributed by atoms with Crippen LogP contribution in [0.15, 0.2) is 22.7 Å². The molecule has 0 aliphatic heterocycles. The number of nitrogens with one attached hydrogen (secondary N) is 1. The van der Waals surface area contributed by atoms with Gasteiger partial charge in [0.05, 0.1) is 5.02 Å². The molecule has 0 saturated carbocycles. The lowest BCUT2D eigenvalue weighted by atomic mass is 10.3. The fourth-order valence-corrected chi connectivity index (χ4v) is 1.98. The van der Waals surface area contributed by atoms with Gasteiger partial charge in [0.15, 0.2) is 0 Å². The van der Waals surface area contributed by atoms with E-state index in [0.29, 0.717) is 11.6 Å². The Morgan fingerprint density at radius 2 is 2.19 bits per heavy atom. The van der Waals surface area contributed by atoms with Crippen LogP contribution in [0.25, 0.3) is 0 Å². The van der Waals surface area contributed by atoms with Crippen molar-refractivity contribution in [1.82, 2.24) is 5.32 Å². The molecule has 16 heavy (non-hydrogen) atoms. The van der Waals surface area contributed by atoms with E-state index in [1.165, 1.54) is 12.8 Å². The van der Waals surface area contributed by atoms with Crippen molar-refractivity contribution < 1.29 is 4.74 Å². The van der Waals surface area contributed by atoms with Crippen LogP contribution in [0, 0.1) is 0 Å². The molecule has 0 aliphatic rings. The summed E-state index contributed by atoms with van der Waals surface area (Å²) in [6, 6.07) is 5.63. The monoisotopic (exact) mass is 305 g/mol. The molecule has 0 atom stereocenters. The van der Waals surface area contributed by atoms with Gasteiger partial charge >= 0.3 is 0 Å². The van der Waals surface area contributed by atoms with Gasteiger partial charge in [0.2, 0.25) is 0 Å². The van der Waals surface area contributed by atoms with Gasteiger partial charge in [0, 0.05) is 11.0 Å². The molecule has 0 aliphatic carbocycles. The topological polar surface area (TPSA) is 21.3 Å². The number of benzene rings is 1. The second-order valence-corrected chi connectivity index (χ2v) is 4.85. The average Bonchev–Trinajstić information content (AvgIpc) is 2.26. The molecule has 1 rings (SSSR count). The highest BCUT2D eigenvalue weighted by Gasteiger charge is 2.01. The van der Waals surface area contributed by atoms with Gasteiger partial charge in [-0.15, -0.1) is 0 Å². The van der Waals surface area contributed by atoms with E-state index in [4.69, 9.17) is 16.3 Å². The molecule has 0 fully saturated rings. The zero-order chi connectivity index (χ0) is 11.8. The highest BCUT2D eigenvalue weighted by molar-refractivity contribution is 9.10. The third-order valence-electron chi connectivity index (χ3n) is 2.14. The van der Waals surface area contributed by atoms with E-state index in [1.54, 1.807) is 0 Å². The molecule has 0 heterocycles. The van der Waals surface area contributed by atoms with Crippen LogP contribution in [-0.2, 0) is 0 Å². The van der Waals surface area contributed by atoms with E-state index in [2.05, 4.69) is 28.2 Å². The largest absolute Gasteiger partial charge is 0.491 e. The van der Waals surface area contributed by atoms with E-state index in [0.717, 1.165) is 23.3 Å². The van der Waals surface area contributed by atoms with Crippen LogP contribution in [0.5, 0.6) is 5.75 Å². The first-order valence-electron chi connectivity index (χ1n) is 5.52. The van der Waals surface area contributed by atoms with Gasteiger partial charge in [-0.1, -0.05) is 40.9 Å². The number of unbranched alkanes of at least 4 members (excludes halogenated alkanes) is 1. The van der Waals surface area contributed by atoms with Gasteiger partial charge in [0.25, 0.3) is 0 Å². The Morgan fingerprint density at radius 3 is 2.88 bits per heavy atom. The molecular formula is C12H17BrClNO. The second-order valence-electron chi connectivity index (χ2n) is 3.53. The van der Waals surface area contributed by atoms with E-state index >= 15 is 0 Å². The van der Waals surface area contributed by atoms with Crippen LogP contribution in [-0.4, -0.2) is 19.7 Å². The number of hydrogen-bond donors (Lipinski definition) is 1. The smallest absolute Gasteiger partial charge is 0.138 e. The van der Waals surface area contributed by atoms with Crippen molar-refractivity contribution in [2.24, 2.45) is 0 Å². The third-order valence-corrected chi connectivity index (χ3v) is 2.93. The standard InChI is InChI=1S/C12H17BrClNO/c1-2-3-6-15-7-8-16-12-5-4-10(13)9-11(12)14/h4-5,9,15H,2-3,6-8H2,1H3. The molecule has 0 spiro atoms. The van der Waals surface area contributed by atoms with Gasteiger partial charge < -0.3 is 10.1 Å². The van der Waals surface area contributed by atoms with E-state index in [9.17, 15) is 0 Å². The van der Waals surface area contributed by atoms with Crippen LogP contribution in [0.2, 0.25) is 5.02 Å². The zero-order valence-electron chi connectivity index (χ0n) is 9.43. The van der Waals surface area contributed by atoms with Crippen molar-refractivity contribution in [2.45, 2.75) is 19.8 Å². The molecule has 90 valence electrons. The molecule has 0 bridgehead atoms. The summed E-state index contributed by atoms with van der Waals surface area (Å²) in [4.78, 5) is 0. The van der Waals surface area contributed by atoms with Gasteiger partial charge in [-0.25, -0.2) is 0 Å². The first kappa shape index (κ1) is 13.8. The number of ether oxygens (including phenoxy) is 1. The molecule has 0 saturated heterocycles. The number of hydrogen-bond acceptors (Lipinski definition) is 2. The summed E-state index contributed by atoms with van der Waals surface area (Å²) < 4.78 is 6.52. The lowest BCUT2D eigenvalue weighted by molar-refractivity contribution is 0.314. The Bertz CT molecular complexity index is 320. The quantitative estimate of drug-likeness (QED) is 0.772. The van der Waals surface area contributed by atoms with Crippen molar-refractivity contribution >= 4 is 27.5 Å². The lowest BCUT2D eigenvalue weighted by Crippen LogP contribution is -2.22. The first-order valence-corrected chi connectivity index (χ1v) is 6.69. The molecular weight excluding hydrogens is 289 g/mol. The van der Waals surface area contributed by atoms with Gasteiger partial charge in [-0.2, -0.15) is 0 Å². The van der Waals surface area contributed by atoms with Gasteiger partial charge in [-0.3, -0.25) is 0 Å². The summed E-state index contributed by atoms with van der Waals surface area (Å²) in [6.07, 6.45) is 2.42. The fourth-order valence-electron chi connectivity index (χ4n) is 1.25. The number of halogens is 2. The highest BCUT2D eigenvalue weighted by Crippen LogP contribution is 2.27.